The summed E-state index contributed by atoms with van der Waals surface area (Å²) in [5.41, 5.74) is 0.798. The van der Waals surface area contributed by atoms with E-state index < -0.39 is 0 Å². The normalized spacial score (nSPS) is 10.6. The van der Waals surface area contributed by atoms with Gasteiger partial charge in [-0.25, -0.2) is 4.39 Å². The van der Waals surface area contributed by atoms with Gasteiger partial charge in [0, 0.05) is 13.0 Å². The van der Waals surface area contributed by atoms with Gasteiger partial charge >= 0.3 is 0 Å². The lowest BCUT2D eigenvalue weighted by molar-refractivity contribution is -0.123. The minimum Gasteiger partial charge on any atom is -0.379 e. The molecular formula is C14H19FO3. The van der Waals surface area contributed by atoms with E-state index in [0.29, 0.717) is 19.8 Å². The fraction of sp³-hybridized carbons (Fsp3) is 0.500. The van der Waals surface area contributed by atoms with Crippen LogP contribution in [0, 0.1) is 5.82 Å². The number of ether oxygens (including phenoxy) is 2. The summed E-state index contributed by atoms with van der Waals surface area (Å²) in [6.07, 6.45) is 1.25. The third kappa shape index (κ3) is 6.47. The minimum atomic E-state index is -0.296. The average molecular weight is 254 g/mol. The zero-order chi connectivity index (χ0) is 13.2. The number of halogens is 1. The zero-order valence-corrected chi connectivity index (χ0v) is 10.7. The van der Waals surface area contributed by atoms with E-state index in [1.54, 1.807) is 12.1 Å². The maximum atomic E-state index is 12.7. The SMILES string of the molecule is CCCOCCOCC(=O)Cc1ccc(F)cc1. The van der Waals surface area contributed by atoms with Gasteiger partial charge in [0.15, 0.2) is 5.78 Å². The van der Waals surface area contributed by atoms with Crippen LogP contribution in [-0.2, 0) is 20.7 Å². The Bertz CT molecular complexity index is 349. The third-order valence-electron chi connectivity index (χ3n) is 2.30. The fourth-order valence-electron chi connectivity index (χ4n) is 1.43. The molecule has 0 radical (unpaired) electrons. The summed E-state index contributed by atoms with van der Waals surface area (Å²) in [6.45, 7) is 3.76. The van der Waals surface area contributed by atoms with Gasteiger partial charge in [0.25, 0.3) is 0 Å². The maximum Gasteiger partial charge on any atom is 0.162 e. The molecule has 18 heavy (non-hydrogen) atoms. The largest absolute Gasteiger partial charge is 0.379 e. The molecule has 100 valence electrons. The molecule has 0 amide bonds. The monoisotopic (exact) mass is 254 g/mol. The van der Waals surface area contributed by atoms with Crippen LogP contribution in [-0.4, -0.2) is 32.2 Å². The molecule has 0 aromatic heterocycles. The van der Waals surface area contributed by atoms with Crippen LogP contribution in [0.1, 0.15) is 18.9 Å². The van der Waals surface area contributed by atoms with Crippen molar-refractivity contribution >= 4 is 5.78 Å². The highest BCUT2D eigenvalue weighted by molar-refractivity contribution is 5.82. The Kier molecular flexibility index (Phi) is 7.22. The number of Topliss-reactive ketones (excluding diaryl/α,β-unsaturated/α-hetero) is 1. The number of carbonyl (C=O) groups excluding carboxylic acids is 1. The molecule has 4 heteroatoms. The molecule has 3 nitrogen and oxygen atoms in total. The molecule has 0 aliphatic heterocycles. The highest BCUT2D eigenvalue weighted by atomic mass is 19.1. The first-order valence-electron chi connectivity index (χ1n) is 6.14. The summed E-state index contributed by atoms with van der Waals surface area (Å²) in [5, 5.41) is 0. The van der Waals surface area contributed by atoms with Gasteiger partial charge in [-0.2, -0.15) is 0 Å². The van der Waals surface area contributed by atoms with E-state index in [-0.39, 0.29) is 24.6 Å². The predicted octanol–water partition coefficient (Wildman–Crippen LogP) is 2.38. The Hall–Kier alpha value is -1.26. The predicted molar refractivity (Wildman–Crippen MR) is 67.0 cm³/mol. The van der Waals surface area contributed by atoms with Crippen molar-refractivity contribution in [2.75, 3.05) is 26.4 Å². The Morgan fingerprint density at radius 1 is 1.11 bits per heavy atom. The molecule has 0 atom stereocenters. The highest BCUT2D eigenvalue weighted by Crippen LogP contribution is 2.04. The van der Waals surface area contributed by atoms with Crippen molar-refractivity contribution in [3.8, 4) is 0 Å². The number of ketones is 1. The molecule has 0 N–H and O–H groups in total. The molecule has 0 saturated heterocycles. The van der Waals surface area contributed by atoms with E-state index in [2.05, 4.69) is 0 Å². The number of rotatable bonds is 9. The molecule has 0 aliphatic carbocycles. The Morgan fingerprint density at radius 3 is 2.44 bits per heavy atom. The molecule has 0 aliphatic rings. The quantitative estimate of drug-likeness (QED) is 0.635. The van der Waals surface area contributed by atoms with Crippen molar-refractivity contribution in [3.63, 3.8) is 0 Å². The Balaban J connectivity index is 2.12. The first kappa shape index (κ1) is 14.8. The van der Waals surface area contributed by atoms with E-state index in [1.165, 1.54) is 12.1 Å². The summed E-state index contributed by atoms with van der Waals surface area (Å²) in [4.78, 5) is 11.5. The molecule has 1 aromatic carbocycles. The van der Waals surface area contributed by atoms with Gasteiger partial charge in [-0.3, -0.25) is 4.79 Å². The van der Waals surface area contributed by atoms with Crippen LogP contribution in [0.2, 0.25) is 0 Å². The maximum absolute atomic E-state index is 12.7. The van der Waals surface area contributed by atoms with Gasteiger partial charge in [0.05, 0.1) is 13.2 Å². The van der Waals surface area contributed by atoms with Gasteiger partial charge in [0.1, 0.15) is 12.4 Å². The van der Waals surface area contributed by atoms with E-state index in [0.717, 1.165) is 12.0 Å². The highest BCUT2D eigenvalue weighted by Gasteiger charge is 2.04. The van der Waals surface area contributed by atoms with Crippen molar-refractivity contribution in [1.29, 1.82) is 0 Å². The van der Waals surface area contributed by atoms with Crippen molar-refractivity contribution in [2.45, 2.75) is 19.8 Å². The van der Waals surface area contributed by atoms with Gasteiger partial charge in [-0.05, 0) is 24.1 Å². The molecule has 0 heterocycles. The van der Waals surface area contributed by atoms with Crippen molar-refractivity contribution in [1.82, 2.24) is 0 Å². The molecule has 1 aromatic rings. The Labute approximate surface area is 107 Å². The van der Waals surface area contributed by atoms with E-state index in [1.807, 2.05) is 6.92 Å². The third-order valence-corrected chi connectivity index (χ3v) is 2.30. The lowest BCUT2D eigenvalue weighted by Crippen LogP contribution is -2.14. The molecular weight excluding hydrogens is 235 g/mol. The van der Waals surface area contributed by atoms with Crippen LogP contribution in [0.3, 0.4) is 0 Å². The van der Waals surface area contributed by atoms with Gasteiger partial charge in [0.2, 0.25) is 0 Å². The summed E-state index contributed by atoms with van der Waals surface area (Å²) in [5.74, 6) is -0.312. The van der Waals surface area contributed by atoms with Crippen molar-refractivity contribution in [3.05, 3.63) is 35.6 Å². The average Bonchev–Trinajstić information content (AvgIpc) is 2.36. The van der Waals surface area contributed by atoms with Crippen molar-refractivity contribution in [2.24, 2.45) is 0 Å². The topological polar surface area (TPSA) is 35.5 Å². The van der Waals surface area contributed by atoms with Gasteiger partial charge < -0.3 is 9.47 Å². The summed E-state index contributed by atoms with van der Waals surface area (Å²) in [6, 6.07) is 5.92. The molecule has 0 unspecified atom stereocenters. The standard InChI is InChI=1S/C14H19FO3/c1-2-7-17-8-9-18-11-14(16)10-12-3-5-13(15)6-4-12/h3-6H,2,7-11H2,1H3. The number of hydrogen-bond acceptors (Lipinski definition) is 3. The Morgan fingerprint density at radius 2 is 1.78 bits per heavy atom. The lowest BCUT2D eigenvalue weighted by atomic mass is 10.1. The van der Waals surface area contributed by atoms with Gasteiger partial charge in [-0.1, -0.05) is 19.1 Å². The summed E-state index contributed by atoms with van der Waals surface area (Å²) < 4.78 is 23.1. The van der Waals surface area contributed by atoms with E-state index in [9.17, 15) is 9.18 Å². The fourth-order valence-corrected chi connectivity index (χ4v) is 1.43. The van der Waals surface area contributed by atoms with Crippen LogP contribution >= 0.6 is 0 Å². The molecule has 0 fully saturated rings. The van der Waals surface area contributed by atoms with Crippen LogP contribution in [0.4, 0.5) is 4.39 Å². The summed E-state index contributed by atoms with van der Waals surface area (Å²) in [7, 11) is 0. The molecule has 0 bridgehead atoms. The zero-order valence-electron chi connectivity index (χ0n) is 10.7. The molecule has 0 spiro atoms. The molecule has 1 rings (SSSR count). The smallest absolute Gasteiger partial charge is 0.162 e. The lowest BCUT2D eigenvalue weighted by Gasteiger charge is -2.04. The van der Waals surface area contributed by atoms with Crippen LogP contribution < -0.4 is 0 Å². The van der Waals surface area contributed by atoms with E-state index >= 15 is 0 Å². The number of hydrogen-bond donors (Lipinski definition) is 0. The number of carbonyl (C=O) groups is 1. The second-order valence-corrected chi connectivity index (χ2v) is 4.01. The van der Waals surface area contributed by atoms with Crippen LogP contribution in [0.25, 0.3) is 0 Å². The minimum absolute atomic E-state index is 0.0166. The second-order valence-electron chi connectivity index (χ2n) is 4.01. The van der Waals surface area contributed by atoms with Gasteiger partial charge in [-0.15, -0.1) is 0 Å². The van der Waals surface area contributed by atoms with Crippen LogP contribution in [0.5, 0.6) is 0 Å². The number of benzene rings is 1. The second kappa shape index (κ2) is 8.78. The first-order chi connectivity index (χ1) is 8.72. The van der Waals surface area contributed by atoms with Crippen molar-refractivity contribution < 1.29 is 18.7 Å². The summed E-state index contributed by atoms with van der Waals surface area (Å²) >= 11 is 0. The van der Waals surface area contributed by atoms with E-state index in [4.69, 9.17) is 9.47 Å². The first-order valence-corrected chi connectivity index (χ1v) is 6.14. The van der Waals surface area contributed by atoms with Crippen LogP contribution in [0.15, 0.2) is 24.3 Å². The molecule has 0 saturated carbocycles.